The summed E-state index contributed by atoms with van der Waals surface area (Å²) < 4.78 is 1.58. The number of hydrogen-bond acceptors (Lipinski definition) is 6. The van der Waals surface area contributed by atoms with Gasteiger partial charge < -0.3 is 4.90 Å². The van der Waals surface area contributed by atoms with Crippen LogP contribution in [0, 0.1) is 17.0 Å². The molecule has 2 heterocycles. The molecule has 0 aliphatic carbocycles. The maximum absolute atomic E-state index is 11.3. The van der Waals surface area contributed by atoms with Crippen molar-refractivity contribution in [2.45, 2.75) is 13.5 Å². The highest BCUT2D eigenvalue weighted by atomic mass is 16.6. The highest BCUT2D eigenvalue weighted by Gasteiger charge is 2.21. The molecule has 0 N–H and O–H groups in total. The Morgan fingerprint density at radius 1 is 1.25 bits per heavy atom. The van der Waals surface area contributed by atoms with E-state index in [1.807, 2.05) is 42.3 Å². The smallest absolute Gasteiger partial charge is 0.330 e. The number of nitro groups is 1. The average Bonchev–Trinajstić information content (AvgIpc) is 3.01. The molecule has 2 aromatic heterocycles. The lowest BCUT2D eigenvalue weighted by Crippen LogP contribution is -2.20. The largest absolute Gasteiger partial charge is 0.339 e. The first-order valence-corrected chi connectivity index (χ1v) is 7.33. The topological polar surface area (TPSA) is 90.0 Å². The number of benzene rings is 1. The summed E-state index contributed by atoms with van der Waals surface area (Å²) in [7, 11) is 1.85. The maximum Gasteiger partial charge on any atom is 0.330 e. The van der Waals surface area contributed by atoms with E-state index in [1.54, 1.807) is 23.9 Å². The first-order chi connectivity index (χ1) is 11.6. The molecule has 0 aliphatic rings. The van der Waals surface area contributed by atoms with E-state index < -0.39 is 4.92 Å². The lowest BCUT2D eigenvalue weighted by Gasteiger charge is -2.17. The molecule has 0 unspecified atom stereocenters. The predicted molar refractivity (Wildman–Crippen MR) is 89.1 cm³/mol. The van der Waals surface area contributed by atoms with E-state index in [-0.39, 0.29) is 11.5 Å². The van der Waals surface area contributed by atoms with Crippen molar-refractivity contribution in [1.82, 2.24) is 19.5 Å². The van der Waals surface area contributed by atoms with Gasteiger partial charge in [-0.2, -0.15) is 4.98 Å². The molecule has 0 aliphatic heterocycles. The van der Waals surface area contributed by atoms with Gasteiger partial charge in [0.1, 0.15) is 12.0 Å². The third-order valence-electron chi connectivity index (χ3n) is 3.59. The second-order valence-corrected chi connectivity index (χ2v) is 5.32. The molecule has 3 rings (SSSR count). The molecular formula is C16H16N6O2. The van der Waals surface area contributed by atoms with Crippen LogP contribution >= 0.6 is 0 Å². The van der Waals surface area contributed by atoms with Crippen LogP contribution < -0.4 is 4.90 Å². The molecular weight excluding hydrogens is 308 g/mol. The minimum Gasteiger partial charge on any atom is -0.339 e. The van der Waals surface area contributed by atoms with Gasteiger partial charge in [0, 0.05) is 26.0 Å². The molecule has 0 atom stereocenters. The standard InChI is InChI=1S/C16H16N6O2/c1-12-17-8-9-21(12)15-14(22(23)24)10-18-16(19-15)20(2)11-13-6-4-3-5-7-13/h3-10H,11H2,1-2H3. The van der Waals surface area contributed by atoms with Crippen LogP contribution in [0.1, 0.15) is 11.4 Å². The summed E-state index contributed by atoms with van der Waals surface area (Å²) in [6.45, 7) is 2.36. The van der Waals surface area contributed by atoms with Gasteiger partial charge in [0.2, 0.25) is 11.8 Å². The normalized spacial score (nSPS) is 10.6. The van der Waals surface area contributed by atoms with E-state index in [2.05, 4.69) is 15.0 Å². The zero-order chi connectivity index (χ0) is 17.1. The van der Waals surface area contributed by atoms with Crippen molar-refractivity contribution in [1.29, 1.82) is 0 Å². The van der Waals surface area contributed by atoms with Crippen molar-refractivity contribution in [3.63, 3.8) is 0 Å². The second kappa shape index (κ2) is 6.45. The van der Waals surface area contributed by atoms with Crippen LogP contribution in [0.3, 0.4) is 0 Å². The summed E-state index contributed by atoms with van der Waals surface area (Å²) in [6, 6.07) is 9.87. The summed E-state index contributed by atoms with van der Waals surface area (Å²) in [4.78, 5) is 25.3. The van der Waals surface area contributed by atoms with Crippen LogP contribution in [0.2, 0.25) is 0 Å². The van der Waals surface area contributed by atoms with E-state index in [4.69, 9.17) is 0 Å². The van der Waals surface area contributed by atoms with Crippen molar-refractivity contribution in [3.05, 3.63) is 70.4 Å². The first kappa shape index (κ1) is 15.6. The van der Waals surface area contributed by atoms with Gasteiger partial charge in [0.25, 0.3) is 0 Å². The predicted octanol–water partition coefficient (Wildman–Crippen LogP) is 2.52. The van der Waals surface area contributed by atoms with Gasteiger partial charge in [0.05, 0.1) is 4.92 Å². The van der Waals surface area contributed by atoms with Gasteiger partial charge >= 0.3 is 5.69 Å². The Balaban J connectivity index is 1.98. The van der Waals surface area contributed by atoms with Crippen molar-refractivity contribution in [2.75, 3.05) is 11.9 Å². The summed E-state index contributed by atoms with van der Waals surface area (Å²) in [5.74, 6) is 1.24. The van der Waals surface area contributed by atoms with Crippen LogP contribution in [0.4, 0.5) is 11.6 Å². The molecule has 8 heteroatoms. The molecule has 0 bridgehead atoms. The van der Waals surface area contributed by atoms with Gasteiger partial charge in [-0.15, -0.1) is 0 Å². The Labute approximate surface area is 138 Å². The Morgan fingerprint density at radius 2 is 2.00 bits per heavy atom. The van der Waals surface area contributed by atoms with Gasteiger partial charge in [-0.3, -0.25) is 14.7 Å². The fraction of sp³-hybridized carbons (Fsp3) is 0.188. The lowest BCUT2D eigenvalue weighted by atomic mass is 10.2. The molecule has 0 amide bonds. The Hall–Kier alpha value is -3.29. The van der Waals surface area contributed by atoms with E-state index in [9.17, 15) is 10.1 Å². The highest BCUT2D eigenvalue weighted by Crippen LogP contribution is 2.23. The number of hydrogen-bond donors (Lipinski definition) is 0. The van der Waals surface area contributed by atoms with Crippen LogP contribution in [0.25, 0.3) is 5.82 Å². The number of imidazole rings is 1. The zero-order valence-electron chi connectivity index (χ0n) is 13.3. The van der Waals surface area contributed by atoms with Crippen LogP contribution in [-0.2, 0) is 6.54 Å². The first-order valence-electron chi connectivity index (χ1n) is 7.33. The summed E-state index contributed by atoms with van der Waals surface area (Å²) >= 11 is 0. The summed E-state index contributed by atoms with van der Waals surface area (Å²) in [5, 5.41) is 11.3. The second-order valence-electron chi connectivity index (χ2n) is 5.32. The van der Waals surface area contributed by atoms with Crippen molar-refractivity contribution in [3.8, 4) is 5.82 Å². The van der Waals surface area contributed by atoms with E-state index in [0.29, 0.717) is 18.3 Å². The fourth-order valence-corrected chi connectivity index (χ4v) is 2.38. The van der Waals surface area contributed by atoms with Gasteiger partial charge in [-0.05, 0) is 12.5 Å². The van der Waals surface area contributed by atoms with Gasteiger partial charge in [-0.25, -0.2) is 9.97 Å². The summed E-state index contributed by atoms with van der Waals surface area (Å²) in [5.41, 5.74) is 0.940. The van der Waals surface area contributed by atoms with Crippen LogP contribution in [-0.4, -0.2) is 31.5 Å². The van der Waals surface area contributed by atoms with E-state index >= 15 is 0 Å². The van der Waals surface area contributed by atoms with Gasteiger partial charge in [-0.1, -0.05) is 30.3 Å². The molecule has 1 aromatic carbocycles. The van der Waals surface area contributed by atoms with Crippen LogP contribution in [0.5, 0.6) is 0 Å². The Kier molecular flexibility index (Phi) is 4.19. The van der Waals surface area contributed by atoms with Crippen molar-refractivity contribution >= 4 is 11.6 Å². The highest BCUT2D eigenvalue weighted by molar-refractivity contribution is 5.50. The number of nitrogens with zero attached hydrogens (tertiary/aromatic N) is 6. The minimum absolute atomic E-state index is 0.159. The molecule has 0 spiro atoms. The van der Waals surface area contributed by atoms with E-state index in [1.165, 1.54) is 6.20 Å². The Morgan fingerprint density at radius 3 is 2.62 bits per heavy atom. The van der Waals surface area contributed by atoms with Crippen molar-refractivity contribution < 1.29 is 4.92 Å². The SMILES string of the molecule is Cc1nccn1-c1nc(N(C)Cc2ccccc2)ncc1[N+](=O)[O-]. The lowest BCUT2D eigenvalue weighted by molar-refractivity contribution is -0.385. The van der Waals surface area contributed by atoms with Crippen molar-refractivity contribution in [2.24, 2.45) is 0 Å². The Bertz CT molecular complexity index is 862. The molecule has 0 saturated carbocycles. The molecule has 0 fully saturated rings. The number of aromatic nitrogens is 4. The zero-order valence-corrected chi connectivity index (χ0v) is 13.3. The maximum atomic E-state index is 11.3. The minimum atomic E-state index is -0.490. The van der Waals surface area contributed by atoms with Crippen LogP contribution in [0.15, 0.2) is 48.9 Å². The number of rotatable bonds is 5. The molecule has 8 nitrogen and oxygen atoms in total. The third-order valence-corrected chi connectivity index (χ3v) is 3.59. The molecule has 0 saturated heterocycles. The molecule has 122 valence electrons. The quantitative estimate of drug-likeness (QED) is 0.529. The number of aryl methyl sites for hydroxylation is 1. The third kappa shape index (κ3) is 3.07. The number of anilines is 1. The van der Waals surface area contributed by atoms with E-state index in [0.717, 1.165) is 5.56 Å². The molecule has 0 radical (unpaired) electrons. The molecule has 24 heavy (non-hydrogen) atoms. The average molecular weight is 324 g/mol. The summed E-state index contributed by atoms with van der Waals surface area (Å²) in [6.07, 6.45) is 4.46. The van der Waals surface area contributed by atoms with Gasteiger partial charge in [0.15, 0.2) is 0 Å². The fourth-order valence-electron chi connectivity index (χ4n) is 2.38. The molecule has 3 aromatic rings. The monoisotopic (exact) mass is 324 g/mol.